The van der Waals surface area contributed by atoms with Gasteiger partial charge in [0.05, 0.1) is 46.7 Å². The second-order valence-electron chi connectivity index (χ2n) is 6.03. The normalized spacial score (nSPS) is 16.0. The van der Waals surface area contributed by atoms with E-state index in [1.165, 1.54) is 0 Å². The number of aromatic nitrogens is 2. The lowest BCUT2D eigenvalue weighted by Gasteiger charge is -2.17. The van der Waals surface area contributed by atoms with Crippen LogP contribution in [0.1, 0.15) is 12.0 Å². The molecule has 9 nitrogen and oxygen atoms in total. The Hall–Kier alpha value is -2.94. The van der Waals surface area contributed by atoms with Crippen molar-refractivity contribution in [3.63, 3.8) is 0 Å². The van der Waals surface area contributed by atoms with E-state index in [1.807, 2.05) is 6.07 Å². The van der Waals surface area contributed by atoms with Crippen molar-refractivity contribution in [3.8, 4) is 17.2 Å². The van der Waals surface area contributed by atoms with Gasteiger partial charge in [0.15, 0.2) is 11.5 Å². The molecule has 146 valence electrons. The van der Waals surface area contributed by atoms with Crippen LogP contribution in [0, 0.1) is 0 Å². The number of anilines is 1. The molecule has 2 heterocycles. The highest BCUT2D eigenvalue weighted by atomic mass is 16.5. The van der Waals surface area contributed by atoms with Gasteiger partial charge in [-0.1, -0.05) is 0 Å². The van der Waals surface area contributed by atoms with Gasteiger partial charge in [0.25, 0.3) is 0 Å². The third-order valence-electron chi connectivity index (χ3n) is 4.33. The second-order valence-corrected chi connectivity index (χ2v) is 6.03. The van der Waals surface area contributed by atoms with E-state index in [2.05, 4.69) is 15.7 Å². The minimum atomic E-state index is -0.286. The van der Waals surface area contributed by atoms with Gasteiger partial charge in [0, 0.05) is 18.2 Å². The smallest absolute Gasteiger partial charge is 0.320 e. The number of benzene rings is 1. The molecule has 0 radical (unpaired) electrons. The van der Waals surface area contributed by atoms with Crippen molar-refractivity contribution in [2.75, 3.05) is 39.9 Å². The van der Waals surface area contributed by atoms with Crippen molar-refractivity contribution < 1.29 is 23.7 Å². The van der Waals surface area contributed by atoms with Crippen LogP contribution in [0.3, 0.4) is 0 Å². The van der Waals surface area contributed by atoms with Gasteiger partial charge in [-0.15, -0.1) is 0 Å². The third kappa shape index (κ3) is 4.25. The first kappa shape index (κ1) is 18.8. The Balaban J connectivity index is 1.75. The minimum absolute atomic E-state index is 0.0346. The molecule has 0 aliphatic carbocycles. The van der Waals surface area contributed by atoms with Crippen LogP contribution in [0.4, 0.5) is 10.6 Å². The molecule has 1 fully saturated rings. The molecule has 1 atom stereocenters. The molecule has 2 aromatic rings. The lowest BCUT2D eigenvalue weighted by Crippen LogP contribution is -2.38. The fourth-order valence-electron chi connectivity index (χ4n) is 3.00. The molecule has 1 aromatic carbocycles. The number of nitrogens with zero attached hydrogens (tertiary/aromatic N) is 2. The summed E-state index contributed by atoms with van der Waals surface area (Å²) >= 11 is 0. The van der Waals surface area contributed by atoms with E-state index in [0.717, 1.165) is 12.0 Å². The largest absolute Gasteiger partial charge is 0.493 e. The van der Waals surface area contributed by atoms with Gasteiger partial charge < -0.3 is 24.3 Å². The molecule has 2 N–H and O–H groups in total. The van der Waals surface area contributed by atoms with Crippen molar-refractivity contribution in [2.24, 2.45) is 0 Å². The zero-order chi connectivity index (χ0) is 19.2. The second kappa shape index (κ2) is 8.63. The highest BCUT2D eigenvalue weighted by molar-refractivity contribution is 5.88. The van der Waals surface area contributed by atoms with Gasteiger partial charge in [-0.2, -0.15) is 5.10 Å². The summed E-state index contributed by atoms with van der Waals surface area (Å²) in [4.78, 5) is 12.2. The van der Waals surface area contributed by atoms with Crippen molar-refractivity contribution in [3.05, 3.63) is 30.0 Å². The summed E-state index contributed by atoms with van der Waals surface area (Å²) in [5, 5.41) is 10.0. The van der Waals surface area contributed by atoms with Crippen LogP contribution >= 0.6 is 0 Å². The van der Waals surface area contributed by atoms with Crippen LogP contribution in [0.2, 0.25) is 0 Å². The zero-order valence-corrected chi connectivity index (χ0v) is 15.7. The first-order valence-electron chi connectivity index (χ1n) is 8.61. The number of carbonyl (C=O) groups excluding carboxylic acids is 1. The Morgan fingerprint density at radius 2 is 2.04 bits per heavy atom. The molecule has 0 bridgehead atoms. The van der Waals surface area contributed by atoms with Crippen molar-refractivity contribution in [1.29, 1.82) is 0 Å². The third-order valence-corrected chi connectivity index (χ3v) is 4.33. The van der Waals surface area contributed by atoms with Crippen LogP contribution in [-0.4, -0.2) is 56.4 Å². The maximum atomic E-state index is 12.2. The summed E-state index contributed by atoms with van der Waals surface area (Å²) in [6, 6.07) is 5.17. The van der Waals surface area contributed by atoms with Crippen LogP contribution in [0.15, 0.2) is 24.4 Å². The van der Waals surface area contributed by atoms with Crippen molar-refractivity contribution >= 4 is 11.8 Å². The maximum absolute atomic E-state index is 12.2. The van der Waals surface area contributed by atoms with Gasteiger partial charge in [0.1, 0.15) is 5.82 Å². The predicted molar refractivity (Wildman–Crippen MR) is 98.8 cm³/mol. The molecule has 0 saturated carbocycles. The van der Waals surface area contributed by atoms with Crippen molar-refractivity contribution in [2.45, 2.75) is 19.0 Å². The summed E-state index contributed by atoms with van der Waals surface area (Å²) in [5.41, 5.74) is 0.839. The molecule has 27 heavy (non-hydrogen) atoms. The number of hydrogen-bond acceptors (Lipinski definition) is 6. The van der Waals surface area contributed by atoms with E-state index in [1.54, 1.807) is 44.3 Å². The molecule has 1 aliphatic heterocycles. The first-order chi connectivity index (χ1) is 13.2. The molecule has 0 spiro atoms. The molecule has 1 saturated heterocycles. The number of ether oxygens (including phenoxy) is 4. The van der Waals surface area contributed by atoms with E-state index < -0.39 is 0 Å². The molecule has 1 aromatic heterocycles. The van der Waals surface area contributed by atoms with Crippen LogP contribution < -0.4 is 24.8 Å². The number of rotatable bonds is 7. The summed E-state index contributed by atoms with van der Waals surface area (Å²) < 4.78 is 23.2. The summed E-state index contributed by atoms with van der Waals surface area (Å²) in [7, 11) is 4.70. The Kier molecular flexibility index (Phi) is 6.02. The standard InChI is InChI=1S/C18H24N4O5/c1-24-14-5-4-12(16(25-2)17(14)26-3)10-22-15(6-8-19-22)21-18(23)20-13-7-9-27-11-13/h4-6,8,13H,7,9-11H2,1-3H3,(H2,20,21,23). The van der Waals surface area contributed by atoms with E-state index in [-0.39, 0.29) is 12.1 Å². The van der Waals surface area contributed by atoms with Gasteiger partial charge in [0.2, 0.25) is 5.75 Å². The Morgan fingerprint density at radius 1 is 1.22 bits per heavy atom. The first-order valence-corrected chi connectivity index (χ1v) is 8.61. The summed E-state index contributed by atoms with van der Waals surface area (Å²) in [6.45, 7) is 1.59. The van der Waals surface area contributed by atoms with Crippen molar-refractivity contribution in [1.82, 2.24) is 15.1 Å². The topological polar surface area (TPSA) is 95.9 Å². The Labute approximate surface area is 157 Å². The van der Waals surface area contributed by atoms with E-state index >= 15 is 0 Å². The average molecular weight is 376 g/mol. The number of urea groups is 1. The Bertz CT molecular complexity index is 786. The number of methoxy groups -OCH3 is 3. The highest BCUT2D eigenvalue weighted by Crippen LogP contribution is 2.40. The van der Waals surface area contributed by atoms with Gasteiger partial charge in [-0.3, -0.25) is 5.32 Å². The van der Waals surface area contributed by atoms with Gasteiger partial charge >= 0.3 is 6.03 Å². The van der Waals surface area contributed by atoms with E-state index in [4.69, 9.17) is 18.9 Å². The molecular weight excluding hydrogens is 352 g/mol. The molecular formula is C18H24N4O5. The quantitative estimate of drug-likeness (QED) is 0.766. The predicted octanol–water partition coefficient (Wildman–Crippen LogP) is 1.87. The molecule has 9 heteroatoms. The number of amides is 2. The van der Waals surface area contributed by atoms with Crippen LogP contribution in [0.5, 0.6) is 17.2 Å². The fraction of sp³-hybridized carbons (Fsp3) is 0.444. The van der Waals surface area contributed by atoms with E-state index in [9.17, 15) is 4.79 Å². The Morgan fingerprint density at radius 3 is 2.70 bits per heavy atom. The van der Waals surface area contributed by atoms with Crippen LogP contribution in [0.25, 0.3) is 0 Å². The lowest BCUT2D eigenvalue weighted by atomic mass is 10.1. The average Bonchev–Trinajstić information content (AvgIpc) is 3.33. The number of nitrogens with one attached hydrogen (secondary N) is 2. The van der Waals surface area contributed by atoms with Crippen LogP contribution in [-0.2, 0) is 11.3 Å². The highest BCUT2D eigenvalue weighted by Gasteiger charge is 2.20. The molecule has 3 rings (SSSR count). The molecule has 1 unspecified atom stereocenters. The van der Waals surface area contributed by atoms with Gasteiger partial charge in [-0.25, -0.2) is 9.48 Å². The molecule has 1 aliphatic rings. The molecule has 2 amide bonds. The minimum Gasteiger partial charge on any atom is -0.493 e. The monoisotopic (exact) mass is 376 g/mol. The zero-order valence-electron chi connectivity index (χ0n) is 15.7. The summed E-state index contributed by atoms with van der Waals surface area (Å²) in [5.74, 6) is 2.22. The SMILES string of the molecule is COc1ccc(Cn2nccc2NC(=O)NC2CCOC2)c(OC)c1OC. The maximum Gasteiger partial charge on any atom is 0.320 e. The fourth-order valence-corrected chi connectivity index (χ4v) is 3.00. The summed E-state index contributed by atoms with van der Waals surface area (Å²) in [6.07, 6.45) is 2.44. The number of carbonyl (C=O) groups is 1. The lowest BCUT2D eigenvalue weighted by molar-refractivity contribution is 0.189. The number of hydrogen-bond donors (Lipinski definition) is 2. The van der Waals surface area contributed by atoms with Gasteiger partial charge in [-0.05, 0) is 18.6 Å². The van der Waals surface area contributed by atoms with E-state index in [0.29, 0.717) is 42.8 Å².